The molecule has 1 aliphatic heterocycles. The molecule has 0 spiro atoms. The van der Waals surface area contributed by atoms with E-state index in [2.05, 4.69) is 4.98 Å². The van der Waals surface area contributed by atoms with E-state index >= 15 is 0 Å². The molecule has 0 unspecified atom stereocenters. The first kappa shape index (κ1) is 16.5. The van der Waals surface area contributed by atoms with Crippen LogP contribution in [-0.4, -0.2) is 35.3 Å². The lowest BCUT2D eigenvalue weighted by molar-refractivity contribution is -0.187. The van der Waals surface area contributed by atoms with Crippen molar-refractivity contribution in [3.63, 3.8) is 0 Å². The second kappa shape index (κ2) is 5.65. The van der Waals surface area contributed by atoms with Crippen LogP contribution in [0.25, 0.3) is 10.9 Å². The summed E-state index contributed by atoms with van der Waals surface area (Å²) in [5.41, 5.74) is 2.61. The van der Waals surface area contributed by atoms with E-state index in [9.17, 15) is 18.0 Å². The highest BCUT2D eigenvalue weighted by molar-refractivity contribution is 5.84. The number of alkyl halides is 3. The number of carboxylic acids is 1. The number of carbonyl (C=O) groups is 1. The maximum Gasteiger partial charge on any atom is 0.394 e. The Kier molecular flexibility index (Phi) is 3.89. The number of hydrogen-bond donors (Lipinski definition) is 1. The van der Waals surface area contributed by atoms with Gasteiger partial charge >= 0.3 is 12.1 Å². The van der Waals surface area contributed by atoms with Gasteiger partial charge in [0.05, 0.1) is 17.4 Å². The van der Waals surface area contributed by atoms with E-state index in [4.69, 9.17) is 5.11 Å². The number of anilines is 1. The topological polar surface area (TPSA) is 53.4 Å². The molecule has 1 saturated heterocycles. The van der Waals surface area contributed by atoms with Crippen LogP contribution in [0.5, 0.6) is 0 Å². The average Bonchev–Trinajstić information content (AvgIpc) is 2.92. The van der Waals surface area contributed by atoms with Gasteiger partial charge in [-0.05, 0) is 37.1 Å². The van der Waals surface area contributed by atoms with Gasteiger partial charge in [-0.3, -0.25) is 4.79 Å². The van der Waals surface area contributed by atoms with Gasteiger partial charge < -0.3 is 10.0 Å². The van der Waals surface area contributed by atoms with E-state index in [1.807, 2.05) is 32.0 Å². The second-order valence-corrected chi connectivity index (χ2v) is 6.32. The molecule has 1 N–H and O–H groups in total. The largest absolute Gasteiger partial charge is 0.481 e. The molecule has 4 nitrogen and oxygen atoms in total. The molecule has 2 atom stereocenters. The van der Waals surface area contributed by atoms with Crippen molar-refractivity contribution in [2.24, 2.45) is 11.8 Å². The number of pyridine rings is 1. The summed E-state index contributed by atoms with van der Waals surface area (Å²) in [6, 6.07) is 7.47. The van der Waals surface area contributed by atoms with Crippen LogP contribution in [0.3, 0.4) is 0 Å². The zero-order valence-electron chi connectivity index (χ0n) is 13.3. The van der Waals surface area contributed by atoms with Crippen molar-refractivity contribution in [2.45, 2.75) is 20.0 Å². The van der Waals surface area contributed by atoms with Crippen molar-refractivity contribution < 1.29 is 23.1 Å². The quantitative estimate of drug-likeness (QED) is 0.910. The molecule has 0 aliphatic carbocycles. The molecule has 7 heteroatoms. The fourth-order valence-electron chi connectivity index (χ4n) is 3.23. The van der Waals surface area contributed by atoms with Gasteiger partial charge in [-0.2, -0.15) is 13.2 Å². The number of rotatable bonds is 2. The highest BCUT2D eigenvalue weighted by Crippen LogP contribution is 2.39. The molecule has 0 radical (unpaired) electrons. The van der Waals surface area contributed by atoms with Gasteiger partial charge in [0.15, 0.2) is 0 Å². The molecule has 0 bridgehead atoms. The molecular weight excluding hydrogens is 321 g/mol. The minimum absolute atomic E-state index is 0.191. The lowest BCUT2D eigenvalue weighted by Crippen LogP contribution is -2.33. The van der Waals surface area contributed by atoms with Gasteiger partial charge in [0, 0.05) is 18.5 Å². The van der Waals surface area contributed by atoms with Gasteiger partial charge in [-0.25, -0.2) is 4.98 Å². The molecule has 2 heterocycles. The first-order chi connectivity index (χ1) is 11.2. The van der Waals surface area contributed by atoms with E-state index in [1.54, 1.807) is 6.07 Å². The number of carboxylic acid groups (broad SMARTS) is 1. The SMILES string of the molecule is Cc1ccc2c(C)cc(N3C[C@@H](C(F)(F)F)[C@H](C(=O)O)C3)nc2c1. The van der Waals surface area contributed by atoms with Crippen molar-refractivity contribution in [2.75, 3.05) is 18.0 Å². The fourth-order valence-corrected chi connectivity index (χ4v) is 3.23. The highest BCUT2D eigenvalue weighted by Gasteiger charge is 2.52. The Bertz CT molecular complexity index is 804. The number of fused-ring (bicyclic) bond motifs is 1. The van der Waals surface area contributed by atoms with Gasteiger partial charge in [0.25, 0.3) is 0 Å². The van der Waals surface area contributed by atoms with Crippen LogP contribution in [0.4, 0.5) is 19.0 Å². The van der Waals surface area contributed by atoms with E-state index < -0.39 is 24.0 Å². The number of aliphatic carboxylic acids is 1. The van der Waals surface area contributed by atoms with Gasteiger partial charge in [-0.1, -0.05) is 12.1 Å². The maximum atomic E-state index is 13.1. The van der Waals surface area contributed by atoms with Crippen LogP contribution in [0, 0.1) is 25.7 Å². The molecule has 3 rings (SSSR count). The van der Waals surface area contributed by atoms with Crippen LogP contribution in [-0.2, 0) is 4.79 Å². The third-order valence-corrected chi connectivity index (χ3v) is 4.54. The molecule has 0 amide bonds. The zero-order valence-corrected chi connectivity index (χ0v) is 13.3. The molecule has 1 aromatic heterocycles. The fraction of sp³-hybridized carbons (Fsp3) is 0.412. The number of halogens is 3. The minimum atomic E-state index is -4.54. The summed E-state index contributed by atoms with van der Waals surface area (Å²) in [6.07, 6.45) is -4.54. The van der Waals surface area contributed by atoms with Crippen LogP contribution >= 0.6 is 0 Å². The summed E-state index contributed by atoms with van der Waals surface area (Å²) in [7, 11) is 0. The van der Waals surface area contributed by atoms with Crippen molar-refractivity contribution in [3.05, 3.63) is 35.4 Å². The molecule has 2 aromatic rings. The average molecular weight is 338 g/mol. The third-order valence-electron chi connectivity index (χ3n) is 4.54. The van der Waals surface area contributed by atoms with Crippen molar-refractivity contribution in [3.8, 4) is 0 Å². The molecule has 1 fully saturated rings. The number of nitrogens with zero attached hydrogens (tertiary/aromatic N) is 2. The number of benzene rings is 1. The molecule has 1 aliphatic rings. The van der Waals surface area contributed by atoms with Crippen LogP contribution in [0.2, 0.25) is 0 Å². The maximum absolute atomic E-state index is 13.1. The third kappa shape index (κ3) is 2.90. The number of hydrogen-bond acceptors (Lipinski definition) is 3. The van der Waals surface area contributed by atoms with E-state index in [1.165, 1.54) is 4.90 Å². The Morgan fingerprint density at radius 1 is 1.25 bits per heavy atom. The Morgan fingerprint density at radius 3 is 2.54 bits per heavy atom. The minimum Gasteiger partial charge on any atom is -0.481 e. The number of aryl methyl sites for hydroxylation is 2. The Hall–Kier alpha value is -2.31. The molecule has 0 saturated carbocycles. The van der Waals surface area contributed by atoms with Crippen molar-refractivity contribution in [1.29, 1.82) is 0 Å². The predicted octanol–water partition coefficient (Wildman–Crippen LogP) is 3.55. The summed E-state index contributed by atoms with van der Waals surface area (Å²) in [4.78, 5) is 17.1. The normalized spacial score (nSPS) is 21.5. The van der Waals surface area contributed by atoms with Gasteiger partial charge in [0.1, 0.15) is 5.82 Å². The van der Waals surface area contributed by atoms with Crippen LogP contribution < -0.4 is 4.90 Å². The molecule has 1 aromatic carbocycles. The molecule has 24 heavy (non-hydrogen) atoms. The predicted molar refractivity (Wildman–Crippen MR) is 84.1 cm³/mol. The summed E-state index contributed by atoms with van der Waals surface area (Å²) in [5, 5.41) is 10.1. The van der Waals surface area contributed by atoms with E-state index in [0.29, 0.717) is 11.3 Å². The van der Waals surface area contributed by atoms with Crippen molar-refractivity contribution >= 4 is 22.7 Å². The lowest BCUT2D eigenvalue weighted by atomic mass is 9.96. The van der Waals surface area contributed by atoms with E-state index in [0.717, 1.165) is 16.5 Å². The Balaban J connectivity index is 2.00. The van der Waals surface area contributed by atoms with E-state index in [-0.39, 0.29) is 13.1 Å². The summed E-state index contributed by atoms with van der Waals surface area (Å²) < 4.78 is 39.4. The smallest absolute Gasteiger partial charge is 0.394 e. The number of aromatic nitrogens is 1. The first-order valence-corrected chi connectivity index (χ1v) is 7.59. The Morgan fingerprint density at radius 2 is 1.96 bits per heavy atom. The van der Waals surface area contributed by atoms with Crippen LogP contribution in [0.15, 0.2) is 24.3 Å². The van der Waals surface area contributed by atoms with Gasteiger partial charge in [-0.15, -0.1) is 0 Å². The summed E-state index contributed by atoms with van der Waals surface area (Å²) >= 11 is 0. The monoisotopic (exact) mass is 338 g/mol. The van der Waals surface area contributed by atoms with Crippen LogP contribution in [0.1, 0.15) is 11.1 Å². The second-order valence-electron chi connectivity index (χ2n) is 6.32. The first-order valence-electron chi connectivity index (χ1n) is 7.59. The highest BCUT2D eigenvalue weighted by atomic mass is 19.4. The molecular formula is C17H17F3N2O2. The summed E-state index contributed by atoms with van der Waals surface area (Å²) in [5.74, 6) is -4.39. The Labute approximate surface area is 136 Å². The molecule has 128 valence electrons. The van der Waals surface area contributed by atoms with Gasteiger partial charge in [0.2, 0.25) is 0 Å². The van der Waals surface area contributed by atoms with Crippen molar-refractivity contribution in [1.82, 2.24) is 4.98 Å². The summed E-state index contributed by atoms with van der Waals surface area (Å²) in [6.45, 7) is 3.21. The zero-order chi connectivity index (χ0) is 17.6. The standard InChI is InChI=1S/C17H17F3N2O2/c1-9-3-4-11-10(2)6-15(21-14(11)5-9)22-7-12(16(23)24)13(8-22)17(18,19)20/h3-6,12-13H,7-8H2,1-2H3,(H,23,24)/t12-,13-/m1/s1. The lowest BCUT2D eigenvalue weighted by Gasteiger charge is -2.20.